The molecule has 0 saturated heterocycles. The van der Waals surface area contributed by atoms with Gasteiger partial charge in [0, 0.05) is 18.2 Å². The second kappa shape index (κ2) is 7.12. The summed E-state index contributed by atoms with van der Waals surface area (Å²) in [5.41, 5.74) is 6.88. The molecule has 0 fully saturated rings. The predicted molar refractivity (Wildman–Crippen MR) is 86.1 cm³/mol. The van der Waals surface area contributed by atoms with Crippen molar-refractivity contribution < 1.29 is 8.42 Å². The van der Waals surface area contributed by atoms with Crippen molar-refractivity contribution in [3.63, 3.8) is 0 Å². The zero-order chi connectivity index (χ0) is 15.3. The monoisotopic (exact) mass is 315 g/mol. The van der Waals surface area contributed by atoms with Crippen LogP contribution in [-0.4, -0.2) is 45.0 Å². The molecule has 0 aliphatic heterocycles. The van der Waals surface area contributed by atoms with Gasteiger partial charge in [-0.05, 0) is 32.6 Å². The van der Waals surface area contributed by atoms with Gasteiger partial charge in [-0.1, -0.05) is 30.4 Å². The van der Waals surface area contributed by atoms with Crippen LogP contribution in [0.4, 0.5) is 0 Å². The Morgan fingerprint density at radius 1 is 1.45 bits per heavy atom. The first-order valence-corrected chi connectivity index (χ1v) is 8.29. The standard InChI is InChI=1S/C13H21N3O2S2/c1-10(8-16(2)3)15-20(17,18)9-11-5-4-6-12(7-11)13(14)19/h4-7,10,15H,8-9H2,1-3H3,(H2,14,19). The molecule has 0 saturated carbocycles. The van der Waals surface area contributed by atoms with Crippen molar-refractivity contribution in [1.82, 2.24) is 9.62 Å². The molecule has 0 amide bonds. The Morgan fingerprint density at radius 2 is 2.10 bits per heavy atom. The smallest absolute Gasteiger partial charge is 0.216 e. The van der Waals surface area contributed by atoms with Gasteiger partial charge in [-0.25, -0.2) is 13.1 Å². The highest BCUT2D eigenvalue weighted by Crippen LogP contribution is 2.09. The van der Waals surface area contributed by atoms with Crippen LogP contribution in [0.3, 0.4) is 0 Å². The lowest BCUT2D eigenvalue weighted by Gasteiger charge is -2.18. The second-order valence-corrected chi connectivity index (χ2v) is 7.30. The van der Waals surface area contributed by atoms with E-state index in [0.29, 0.717) is 17.7 Å². The number of likely N-dealkylation sites (N-methyl/N-ethyl adjacent to an activating group) is 1. The molecule has 20 heavy (non-hydrogen) atoms. The van der Waals surface area contributed by atoms with Crippen molar-refractivity contribution in [2.45, 2.75) is 18.7 Å². The van der Waals surface area contributed by atoms with E-state index in [0.717, 1.165) is 0 Å². The summed E-state index contributed by atoms with van der Waals surface area (Å²) in [7, 11) is 0.416. The van der Waals surface area contributed by atoms with E-state index < -0.39 is 10.0 Å². The molecular weight excluding hydrogens is 294 g/mol. The van der Waals surface area contributed by atoms with Crippen molar-refractivity contribution >= 4 is 27.2 Å². The van der Waals surface area contributed by atoms with Gasteiger partial charge in [0.2, 0.25) is 10.0 Å². The molecule has 0 aromatic heterocycles. The highest BCUT2D eigenvalue weighted by Gasteiger charge is 2.16. The van der Waals surface area contributed by atoms with Gasteiger partial charge in [0.25, 0.3) is 0 Å². The average molecular weight is 315 g/mol. The normalized spacial score (nSPS) is 13.4. The Labute approximate surface area is 126 Å². The first-order chi connectivity index (χ1) is 9.19. The summed E-state index contributed by atoms with van der Waals surface area (Å²) >= 11 is 4.89. The summed E-state index contributed by atoms with van der Waals surface area (Å²) in [6, 6.07) is 6.83. The lowest BCUT2D eigenvalue weighted by Crippen LogP contribution is -2.40. The Morgan fingerprint density at radius 3 is 2.65 bits per heavy atom. The van der Waals surface area contributed by atoms with Crippen molar-refractivity contribution in [3.05, 3.63) is 35.4 Å². The minimum atomic E-state index is -3.38. The zero-order valence-electron chi connectivity index (χ0n) is 12.0. The number of sulfonamides is 1. The van der Waals surface area contributed by atoms with Gasteiger partial charge in [-0.15, -0.1) is 0 Å². The molecule has 1 unspecified atom stereocenters. The largest absolute Gasteiger partial charge is 0.389 e. The lowest BCUT2D eigenvalue weighted by molar-refractivity contribution is 0.370. The predicted octanol–water partition coefficient (Wildman–Crippen LogP) is 0.690. The van der Waals surface area contributed by atoms with Gasteiger partial charge in [0.05, 0.1) is 5.75 Å². The minimum Gasteiger partial charge on any atom is -0.389 e. The molecule has 1 aromatic carbocycles. The summed E-state index contributed by atoms with van der Waals surface area (Å²) < 4.78 is 26.8. The topological polar surface area (TPSA) is 75.4 Å². The third-order valence-corrected chi connectivity index (χ3v) is 4.30. The third kappa shape index (κ3) is 5.96. The molecule has 7 heteroatoms. The van der Waals surface area contributed by atoms with Crippen LogP contribution in [0.2, 0.25) is 0 Å². The molecule has 0 heterocycles. The Hall–Kier alpha value is -1.02. The van der Waals surface area contributed by atoms with E-state index in [9.17, 15) is 8.42 Å². The molecule has 1 aromatic rings. The molecule has 112 valence electrons. The van der Waals surface area contributed by atoms with Crippen LogP contribution < -0.4 is 10.5 Å². The molecule has 0 radical (unpaired) electrons. The zero-order valence-corrected chi connectivity index (χ0v) is 13.6. The van der Waals surface area contributed by atoms with Crippen molar-refractivity contribution in [2.75, 3.05) is 20.6 Å². The first-order valence-electron chi connectivity index (χ1n) is 6.23. The minimum absolute atomic E-state index is 0.0821. The maximum atomic E-state index is 12.1. The molecule has 0 aliphatic carbocycles. The Bertz CT molecular complexity index is 571. The van der Waals surface area contributed by atoms with Crippen LogP contribution in [0.15, 0.2) is 24.3 Å². The number of thiocarbonyl (C=S) groups is 1. The summed E-state index contributed by atoms with van der Waals surface area (Å²) in [5.74, 6) is -0.0821. The number of nitrogens with zero attached hydrogens (tertiary/aromatic N) is 1. The van der Waals surface area contributed by atoms with Crippen LogP contribution in [0.25, 0.3) is 0 Å². The van der Waals surface area contributed by atoms with Gasteiger partial charge in [0.1, 0.15) is 4.99 Å². The maximum absolute atomic E-state index is 12.1. The molecule has 1 rings (SSSR count). The molecule has 5 nitrogen and oxygen atoms in total. The molecule has 0 bridgehead atoms. The fourth-order valence-electron chi connectivity index (χ4n) is 1.97. The fourth-order valence-corrected chi connectivity index (χ4v) is 3.48. The molecule has 0 aliphatic rings. The number of rotatable bonds is 7. The van der Waals surface area contributed by atoms with E-state index in [1.54, 1.807) is 24.3 Å². The van der Waals surface area contributed by atoms with E-state index in [1.807, 2.05) is 25.9 Å². The Kier molecular flexibility index (Phi) is 6.07. The van der Waals surface area contributed by atoms with Crippen molar-refractivity contribution in [2.24, 2.45) is 5.73 Å². The van der Waals surface area contributed by atoms with Crippen LogP contribution in [0.5, 0.6) is 0 Å². The van der Waals surface area contributed by atoms with Gasteiger partial charge in [-0.2, -0.15) is 0 Å². The highest BCUT2D eigenvalue weighted by molar-refractivity contribution is 7.88. The summed E-state index contributed by atoms with van der Waals surface area (Å²) in [4.78, 5) is 2.19. The van der Waals surface area contributed by atoms with E-state index in [1.165, 1.54) is 0 Å². The van der Waals surface area contributed by atoms with Crippen LogP contribution in [0.1, 0.15) is 18.1 Å². The fraction of sp³-hybridized carbons (Fsp3) is 0.462. The number of nitrogens with two attached hydrogens (primary N) is 1. The van der Waals surface area contributed by atoms with Gasteiger partial charge in [-0.3, -0.25) is 0 Å². The second-order valence-electron chi connectivity index (χ2n) is 5.10. The average Bonchev–Trinajstić information content (AvgIpc) is 2.26. The Balaban J connectivity index is 2.76. The van der Waals surface area contributed by atoms with Crippen LogP contribution in [0, 0.1) is 0 Å². The van der Waals surface area contributed by atoms with E-state index >= 15 is 0 Å². The molecular formula is C13H21N3O2S2. The van der Waals surface area contributed by atoms with Gasteiger partial charge in [0.15, 0.2) is 0 Å². The van der Waals surface area contributed by atoms with E-state index in [2.05, 4.69) is 4.72 Å². The van der Waals surface area contributed by atoms with Gasteiger partial charge < -0.3 is 10.6 Å². The summed E-state index contributed by atoms with van der Waals surface area (Å²) in [6.45, 7) is 2.48. The molecule has 0 spiro atoms. The van der Waals surface area contributed by atoms with E-state index in [-0.39, 0.29) is 16.8 Å². The van der Waals surface area contributed by atoms with Crippen LogP contribution in [-0.2, 0) is 15.8 Å². The first kappa shape index (κ1) is 17.0. The lowest BCUT2D eigenvalue weighted by atomic mass is 10.1. The SMILES string of the molecule is CC(CN(C)C)NS(=O)(=O)Cc1cccc(C(N)=S)c1. The van der Waals surface area contributed by atoms with Crippen molar-refractivity contribution in [1.29, 1.82) is 0 Å². The number of hydrogen-bond donors (Lipinski definition) is 2. The quantitative estimate of drug-likeness (QED) is 0.724. The third-order valence-electron chi connectivity index (χ3n) is 2.59. The van der Waals surface area contributed by atoms with Crippen molar-refractivity contribution in [3.8, 4) is 0 Å². The number of nitrogens with one attached hydrogen (secondary N) is 1. The molecule has 3 N–H and O–H groups in total. The molecule has 1 atom stereocenters. The van der Waals surface area contributed by atoms with E-state index in [4.69, 9.17) is 18.0 Å². The van der Waals surface area contributed by atoms with Crippen LogP contribution >= 0.6 is 12.2 Å². The summed E-state index contributed by atoms with van der Waals surface area (Å²) in [5, 5.41) is 0. The highest BCUT2D eigenvalue weighted by atomic mass is 32.2. The maximum Gasteiger partial charge on any atom is 0.216 e. The summed E-state index contributed by atoms with van der Waals surface area (Å²) in [6.07, 6.45) is 0. The number of benzene rings is 1. The number of hydrogen-bond acceptors (Lipinski definition) is 4. The van der Waals surface area contributed by atoms with Gasteiger partial charge >= 0.3 is 0 Å².